The van der Waals surface area contributed by atoms with Crippen LogP contribution in [0, 0.1) is 0 Å². The molecule has 0 unspecified atom stereocenters. The smallest absolute Gasteiger partial charge is 0.159 e. The minimum absolute atomic E-state index is 0.0990. The van der Waals surface area contributed by atoms with E-state index in [1.165, 1.54) is 0 Å². The number of nitrogens with zero attached hydrogens (tertiary/aromatic N) is 2. The third-order valence-corrected chi connectivity index (χ3v) is 3.25. The summed E-state index contributed by atoms with van der Waals surface area (Å²) in [6, 6.07) is 11.9. The van der Waals surface area contributed by atoms with Gasteiger partial charge in [0.15, 0.2) is 5.78 Å². The lowest BCUT2D eigenvalue weighted by molar-refractivity contribution is 0.101. The molecule has 0 aliphatic heterocycles. The molecule has 0 spiro atoms. The van der Waals surface area contributed by atoms with Crippen molar-refractivity contribution >= 4 is 16.7 Å². The van der Waals surface area contributed by atoms with Gasteiger partial charge >= 0.3 is 0 Å². The van der Waals surface area contributed by atoms with Crippen molar-refractivity contribution in [1.82, 2.24) is 9.55 Å². The molecule has 94 valence electrons. The molecule has 2 aromatic heterocycles. The molecular formula is C16H14N2O. The van der Waals surface area contributed by atoms with Crippen LogP contribution in [0.2, 0.25) is 0 Å². The van der Waals surface area contributed by atoms with Crippen molar-refractivity contribution in [2.75, 3.05) is 0 Å². The summed E-state index contributed by atoms with van der Waals surface area (Å²) in [5.41, 5.74) is 3.05. The van der Waals surface area contributed by atoms with Gasteiger partial charge in [-0.05, 0) is 42.8 Å². The zero-order valence-corrected chi connectivity index (χ0v) is 10.7. The lowest BCUT2D eigenvalue weighted by atomic mass is 10.1. The van der Waals surface area contributed by atoms with Crippen LogP contribution < -0.4 is 0 Å². The van der Waals surface area contributed by atoms with Gasteiger partial charge in [-0.15, -0.1) is 0 Å². The zero-order valence-electron chi connectivity index (χ0n) is 10.7. The van der Waals surface area contributed by atoms with E-state index in [9.17, 15) is 4.79 Å². The van der Waals surface area contributed by atoms with Gasteiger partial charge in [0.25, 0.3) is 0 Å². The molecule has 3 heteroatoms. The number of hydrogen-bond donors (Lipinski definition) is 0. The second-order valence-corrected chi connectivity index (χ2v) is 4.63. The molecule has 0 atom stereocenters. The summed E-state index contributed by atoms with van der Waals surface area (Å²) in [6.45, 7) is 2.38. The summed E-state index contributed by atoms with van der Waals surface area (Å²) in [6.07, 6.45) is 5.69. The van der Waals surface area contributed by atoms with Crippen LogP contribution in [0.4, 0.5) is 0 Å². The molecule has 3 aromatic rings. The number of hydrogen-bond acceptors (Lipinski definition) is 2. The van der Waals surface area contributed by atoms with Crippen LogP contribution in [0.15, 0.2) is 55.0 Å². The SMILES string of the molecule is CC(=O)c1ccc2c(ccn2Cc2cccnc2)c1. The second kappa shape index (κ2) is 4.69. The van der Waals surface area contributed by atoms with Crippen molar-refractivity contribution in [3.8, 4) is 0 Å². The number of rotatable bonds is 3. The Hall–Kier alpha value is -2.42. The predicted molar refractivity (Wildman–Crippen MR) is 75.3 cm³/mol. The number of fused-ring (bicyclic) bond motifs is 1. The Morgan fingerprint density at radius 3 is 2.89 bits per heavy atom. The first-order valence-corrected chi connectivity index (χ1v) is 6.23. The van der Waals surface area contributed by atoms with E-state index < -0.39 is 0 Å². The van der Waals surface area contributed by atoms with Gasteiger partial charge in [-0.1, -0.05) is 6.07 Å². The fourth-order valence-corrected chi connectivity index (χ4v) is 2.25. The number of Topliss-reactive ketones (excluding diaryl/α,β-unsaturated/α-hetero) is 1. The highest BCUT2D eigenvalue weighted by atomic mass is 16.1. The summed E-state index contributed by atoms with van der Waals surface area (Å²) in [4.78, 5) is 15.5. The highest BCUT2D eigenvalue weighted by Gasteiger charge is 2.05. The van der Waals surface area contributed by atoms with Crippen LogP contribution in [0.1, 0.15) is 22.8 Å². The van der Waals surface area contributed by atoms with Gasteiger partial charge in [0, 0.05) is 41.6 Å². The quantitative estimate of drug-likeness (QED) is 0.668. The fraction of sp³-hybridized carbons (Fsp3) is 0.125. The van der Waals surface area contributed by atoms with E-state index in [1.54, 1.807) is 13.1 Å². The molecule has 2 heterocycles. The second-order valence-electron chi connectivity index (χ2n) is 4.63. The fourth-order valence-electron chi connectivity index (χ4n) is 2.25. The first kappa shape index (κ1) is 11.7. The lowest BCUT2D eigenvalue weighted by Gasteiger charge is -2.05. The average Bonchev–Trinajstić information content (AvgIpc) is 2.82. The molecule has 3 nitrogen and oxygen atoms in total. The van der Waals surface area contributed by atoms with Crippen LogP contribution in [0.3, 0.4) is 0 Å². The Bertz CT molecular complexity index is 729. The molecule has 0 fully saturated rings. The normalized spacial score (nSPS) is 10.8. The molecule has 0 saturated carbocycles. The van der Waals surface area contributed by atoms with Gasteiger partial charge in [0.1, 0.15) is 0 Å². The van der Waals surface area contributed by atoms with Crippen LogP contribution in [-0.4, -0.2) is 15.3 Å². The van der Waals surface area contributed by atoms with Gasteiger partial charge in [0.2, 0.25) is 0 Å². The van der Waals surface area contributed by atoms with Crippen LogP contribution in [0.5, 0.6) is 0 Å². The average molecular weight is 250 g/mol. The predicted octanol–water partition coefficient (Wildman–Crippen LogP) is 3.29. The first-order valence-electron chi connectivity index (χ1n) is 6.23. The van der Waals surface area contributed by atoms with E-state index in [-0.39, 0.29) is 5.78 Å². The number of ketones is 1. The maximum Gasteiger partial charge on any atom is 0.159 e. The Morgan fingerprint density at radius 1 is 1.26 bits per heavy atom. The Kier molecular flexibility index (Phi) is 2.88. The van der Waals surface area contributed by atoms with E-state index in [0.29, 0.717) is 0 Å². The number of carbonyl (C=O) groups is 1. The highest BCUT2D eigenvalue weighted by Crippen LogP contribution is 2.19. The summed E-state index contributed by atoms with van der Waals surface area (Å²) in [7, 11) is 0. The van der Waals surface area contributed by atoms with Crippen LogP contribution >= 0.6 is 0 Å². The molecular weight excluding hydrogens is 236 g/mol. The Balaban J connectivity index is 1.99. The number of pyridine rings is 1. The molecule has 0 aliphatic rings. The van der Waals surface area contributed by atoms with Crippen molar-refractivity contribution in [1.29, 1.82) is 0 Å². The largest absolute Gasteiger partial charge is 0.343 e. The first-order chi connectivity index (χ1) is 9.24. The number of aromatic nitrogens is 2. The summed E-state index contributed by atoms with van der Waals surface area (Å²) < 4.78 is 2.16. The van der Waals surface area contributed by atoms with E-state index in [1.807, 2.05) is 42.7 Å². The highest BCUT2D eigenvalue weighted by molar-refractivity contribution is 5.98. The molecule has 0 N–H and O–H groups in total. The standard InChI is InChI=1S/C16H14N2O/c1-12(19)14-4-5-16-15(9-14)6-8-18(16)11-13-3-2-7-17-10-13/h2-10H,11H2,1H3. The molecule has 19 heavy (non-hydrogen) atoms. The van der Waals surface area contributed by atoms with Gasteiger partial charge in [-0.25, -0.2) is 0 Å². The maximum atomic E-state index is 11.4. The lowest BCUT2D eigenvalue weighted by Crippen LogP contribution is -1.98. The molecule has 0 aliphatic carbocycles. The number of benzene rings is 1. The van der Waals surface area contributed by atoms with Crippen molar-refractivity contribution in [3.05, 3.63) is 66.1 Å². The summed E-state index contributed by atoms with van der Waals surface area (Å²) in [5, 5.41) is 1.09. The molecule has 1 aromatic carbocycles. The van der Waals surface area contributed by atoms with Crippen LogP contribution in [-0.2, 0) is 6.54 Å². The van der Waals surface area contributed by atoms with Gasteiger partial charge in [0.05, 0.1) is 0 Å². The van der Waals surface area contributed by atoms with Crippen molar-refractivity contribution in [2.24, 2.45) is 0 Å². The van der Waals surface area contributed by atoms with E-state index in [2.05, 4.69) is 15.6 Å². The van der Waals surface area contributed by atoms with E-state index in [4.69, 9.17) is 0 Å². The summed E-state index contributed by atoms with van der Waals surface area (Å²) >= 11 is 0. The Labute approximate surface area is 111 Å². The zero-order chi connectivity index (χ0) is 13.2. The molecule has 0 bridgehead atoms. The molecule has 3 rings (SSSR count). The van der Waals surface area contributed by atoms with E-state index >= 15 is 0 Å². The topological polar surface area (TPSA) is 34.9 Å². The Morgan fingerprint density at radius 2 is 2.16 bits per heavy atom. The third kappa shape index (κ3) is 2.27. The monoisotopic (exact) mass is 250 g/mol. The molecule has 0 radical (unpaired) electrons. The van der Waals surface area contributed by atoms with Crippen molar-refractivity contribution in [3.63, 3.8) is 0 Å². The van der Waals surface area contributed by atoms with Gasteiger partial charge in [-0.3, -0.25) is 9.78 Å². The van der Waals surface area contributed by atoms with Crippen LogP contribution in [0.25, 0.3) is 10.9 Å². The van der Waals surface area contributed by atoms with E-state index in [0.717, 1.165) is 28.6 Å². The third-order valence-electron chi connectivity index (χ3n) is 3.25. The van der Waals surface area contributed by atoms with Crippen molar-refractivity contribution < 1.29 is 4.79 Å². The number of carbonyl (C=O) groups excluding carboxylic acids is 1. The van der Waals surface area contributed by atoms with Crippen molar-refractivity contribution in [2.45, 2.75) is 13.5 Å². The minimum atomic E-state index is 0.0990. The minimum Gasteiger partial charge on any atom is -0.343 e. The van der Waals surface area contributed by atoms with Gasteiger partial charge in [-0.2, -0.15) is 0 Å². The molecule has 0 saturated heterocycles. The molecule has 0 amide bonds. The maximum absolute atomic E-state index is 11.4. The summed E-state index contributed by atoms with van der Waals surface area (Å²) in [5.74, 6) is 0.0990. The van der Waals surface area contributed by atoms with Gasteiger partial charge < -0.3 is 4.57 Å².